The smallest absolute Gasteiger partial charge is 0.410 e. The average molecular weight is 770 g/mol. The summed E-state index contributed by atoms with van der Waals surface area (Å²) in [6.07, 6.45) is 5.37. The van der Waals surface area contributed by atoms with Crippen LogP contribution in [-0.4, -0.2) is 65.1 Å². The number of aromatic nitrogens is 3. The summed E-state index contributed by atoms with van der Waals surface area (Å²) in [7, 11) is -2.00. The molecule has 12 heteroatoms. The Labute approximate surface area is 315 Å². The van der Waals surface area contributed by atoms with Crippen molar-refractivity contribution in [1.82, 2.24) is 19.7 Å². The number of nitrogens with zero attached hydrogens (tertiary/aromatic N) is 4. The summed E-state index contributed by atoms with van der Waals surface area (Å²) in [4.78, 5) is 20.2. The number of likely N-dealkylation sites (tertiary alicyclic amines) is 1. The fraction of sp³-hybridized carbons (Fsp3) is 0.462. The first kappa shape index (κ1) is 37.9. The Morgan fingerprint density at radius 1 is 1.06 bits per heavy atom. The van der Waals surface area contributed by atoms with Crippen molar-refractivity contribution in [3.05, 3.63) is 64.5 Å². The summed E-state index contributed by atoms with van der Waals surface area (Å²) in [5.74, 6) is -0.504. The second kappa shape index (κ2) is 14.2. The van der Waals surface area contributed by atoms with E-state index in [0.29, 0.717) is 53.4 Å². The van der Waals surface area contributed by atoms with Crippen molar-refractivity contribution in [2.24, 2.45) is 0 Å². The molecule has 272 valence electrons. The van der Waals surface area contributed by atoms with Gasteiger partial charge in [0.15, 0.2) is 14.1 Å². The van der Waals surface area contributed by atoms with Gasteiger partial charge in [-0.3, -0.25) is 4.68 Å². The summed E-state index contributed by atoms with van der Waals surface area (Å²) in [6.45, 7) is 17.8. The minimum absolute atomic E-state index is 0.0707. The molecule has 0 aliphatic carbocycles. The van der Waals surface area contributed by atoms with Gasteiger partial charge in [-0.1, -0.05) is 74.3 Å². The van der Waals surface area contributed by atoms with Crippen molar-refractivity contribution in [1.29, 1.82) is 0 Å². The van der Waals surface area contributed by atoms with Crippen molar-refractivity contribution in [2.75, 3.05) is 19.4 Å². The number of hydrogen-bond donors (Lipinski definition) is 0. The molecular weight excluding hydrogens is 723 g/mol. The van der Waals surface area contributed by atoms with E-state index in [-0.39, 0.29) is 39.3 Å². The Kier molecular flexibility index (Phi) is 10.5. The first-order valence-electron chi connectivity index (χ1n) is 17.5. The second-order valence-electron chi connectivity index (χ2n) is 16.0. The summed E-state index contributed by atoms with van der Waals surface area (Å²) in [5, 5.41) is 9.49. The fourth-order valence-corrected chi connectivity index (χ4v) is 8.97. The third kappa shape index (κ3) is 7.36. The molecule has 1 aliphatic rings. The number of pyridine rings is 1. The largest absolute Gasteiger partial charge is 0.444 e. The molecule has 3 aromatic carbocycles. The van der Waals surface area contributed by atoms with E-state index in [1.165, 1.54) is 11.8 Å². The Balaban J connectivity index is 1.43. The SMILES string of the molecule is CSc1nc2c(F)c(-c3cccc4cccc(Cl)c34)c(Cl)cc2c2c1cnn2[C@H]1CCN(C(=O)OC(C)(C)C)[C@H](CCO[Si](C)(C)C(C)(C)C)C1. The van der Waals surface area contributed by atoms with Crippen LogP contribution in [0, 0.1) is 5.82 Å². The van der Waals surface area contributed by atoms with Gasteiger partial charge >= 0.3 is 6.09 Å². The molecule has 0 unspecified atom stereocenters. The van der Waals surface area contributed by atoms with Crippen molar-refractivity contribution in [3.63, 3.8) is 0 Å². The van der Waals surface area contributed by atoms with Gasteiger partial charge in [0.25, 0.3) is 0 Å². The van der Waals surface area contributed by atoms with Crippen LogP contribution in [0.5, 0.6) is 0 Å². The molecule has 1 saturated heterocycles. The molecule has 1 amide bonds. The Morgan fingerprint density at radius 2 is 1.76 bits per heavy atom. The molecule has 0 saturated carbocycles. The molecular formula is C39H47Cl2FN4O3SSi. The van der Waals surface area contributed by atoms with Crippen LogP contribution < -0.4 is 0 Å². The predicted molar refractivity (Wildman–Crippen MR) is 212 cm³/mol. The molecule has 0 N–H and O–H groups in total. The van der Waals surface area contributed by atoms with Crippen LogP contribution >= 0.6 is 35.0 Å². The van der Waals surface area contributed by atoms with Crippen LogP contribution in [0.25, 0.3) is 43.7 Å². The number of thioether (sulfide) groups is 1. The summed E-state index contributed by atoms with van der Waals surface area (Å²) < 4.78 is 31.4. The number of fused-ring (bicyclic) bond motifs is 4. The highest BCUT2D eigenvalue weighted by Crippen LogP contribution is 2.44. The minimum atomic E-state index is -2.00. The van der Waals surface area contributed by atoms with Crippen molar-refractivity contribution >= 4 is 82.0 Å². The number of benzene rings is 3. The van der Waals surface area contributed by atoms with Crippen LogP contribution in [0.4, 0.5) is 9.18 Å². The van der Waals surface area contributed by atoms with E-state index in [1.54, 1.807) is 6.07 Å². The van der Waals surface area contributed by atoms with E-state index in [4.69, 9.17) is 42.4 Å². The second-order valence-corrected chi connectivity index (χ2v) is 22.4. The lowest BCUT2D eigenvalue weighted by molar-refractivity contribution is 0.00199. The number of carbonyl (C=O) groups excluding carboxylic acids is 1. The van der Waals surface area contributed by atoms with E-state index in [1.807, 2.05) is 79.2 Å². The molecule has 0 bridgehead atoms. The molecule has 6 rings (SSSR count). The molecule has 51 heavy (non-hydrogen) atoms. The lowest BCUT2D eigenvalue weighted by Gasteiger charge is -2.41. The average Bonchev–Trinajstić information content (AvgIpc) is 3.49. The Bertz CT molecular complexity index is 2120. The maximum atomic E-state index is 17.0. The Hall–Kier alpha value is -2.89. The number of amides is 1. The highest BCUT2D eigenvalue weighted by Gasteiger charge is 2.39. The molecule has 0 radical (unpaired) electrons. The summed E-state index contributed by atoms with van der Waals surface area (Å²) in [5.41, 5.74) is 1.26. The van der Waals surface area contributed by atoms with Gasteiger partial charge in [0, 0.05) is 40.6 Å². The van der Waals surface area contributed by atoms with Gasteiger partial charge in [-0.2, -0.15) is 5.10 Å². The normalized spacial score (nSPS) is 17.5. The van der Waals surface area contributed by atoms with Gasteiger partial charge < -0.3 is 14.1 Å². The van der Waals surface area contributed by atoms with E-state index in [9.17, 15) is 4.79 Å². The monoisotopic (exact) mass is 768 g/mol. The summed E-state index contributed by atoms with van der Waals surface area (Å²) >= 11 is 15.1. The van der Waals surface area contributed by atoms with Crippen LogP contribution in [0.15, 0.2) is 53.7 Å². The zero-order valence-electron chi connectivity index (χ0n) is 30.9. The highest BCUT2D eigenvalue weighted by molar-refractivity contribution is 7.98. The van der Waals surface area contributed by atoms with Crippen molar-refractivity contribution in [2.45, 2.75) is 102 Å². The van der Waals surface area contributed by atoms with E-state index >= 15 is 4.39 Å². The van der Waals surface area contributed by atoms with E-state index in [2.05, 4.69) is 33.9 Å². The van der Waals surface area contributed by atoms with Crippen LogP contribution in [0.2, 0.25) is 28.2 Å². The molecule has 0 spiro atoms. The fourth-order valence-electron chi connectivity index (χ4n) is 6.78. The lowest BCUT2D eigenvalue weighted by Crippen LogP contribution is -2.49. The number of ether oxygens (including phenoxy) is 1. The molecule has 1 aliphatic heterocycles. The molecule has 3 heterocycles. The standard InChI is InChI=1S/C39H47Cl2FN4O3SSi/c1-38(2,3)49-37(47)45-18-16-25(20-24(45)17-19-48-51(8,9)39(4,5)6)46-35-27-21-30(41)32(26-14-10-12-23-13-11-15-29(40)31(23)26)33(42)34(27)44-36(50-7)28(35)22-43-46/h10-15,21-22,24-25H,16-20H2,1-9H3/t24-,25+/m1/s1. The van der Waals surface area contributed by atoms with Crippen molar-refractivity contribution in [3.8, 4) is 11.1 Å². The Morgan fingerprint density at radius 3 is 2.43 bits per heavy atom. The quantitative estimate of drug-likeness (QED) is 0.121. The molecule has 2 atom stereocenters. The topological polar surface area (TPSA) is 69.5 Å². The highest BCUT2D eigenvalue weighted by atomic mass is 35.5. The van der Waals surface area contributed by atoms with Crippen LogP contribution in [0.1, 0.15) is 66.8 Å². The van der Waals surface area contributed by atoms with Crippen LogP contribution in [0.3, 0.4) is 0 Å². The zero-order valence-corrected chi connectivity index (χ0v) is 34.2. The van der Waals surface area contributed by atoms with Gasteiger partial charge in [-0.15, -0.1) is 11.8 Å². The van der Waals surface area contributed by atoms with E-state index in [0.717, 1.165) is 21.7 Å². The number of rotatable bonds is 7. The summed E-state index contributed by atoms with van der Waals surface area (Å²) in [6, 6.07) is 12.9. The minimum Gasteiger partial charge on any atom is -0.444 e. The molecule has 7 nitrogen and oxygen atoms in total. The van der Waals surface area contributed by atoms with Gasteiger partial charge in [-0.25, -0.2) is 14.2 Å². The third-order valence-electron chi connectivity index (χ3n) is 10.4. The maximum Gasteiger partial charge on any atom is 0.410 e. The van der Waals surface area contributed by atoms with Gasteiger partial charge in [0.1, 0.15) is 16.1 Å². The molecule has 2 aromatic heterocycles. The number of piperidine rings is 1. The van der Waals surface area contributed by atoms with Gasteiger partial charge in [0.05, 0.1) is 28.2 Å². The molecule has 1 fully saturated rings. The third-order valence-corrected chi connectivity index (χ3v) is 16.2. The van der Waals surface area contributed by atoms with E-state index < -0.39 is 19.7 Å². The number of carbonyl (C=O) groups is 1. The number of halogens is 3. The first-order chi connectivity index (χ1) is 23.9. The van der Waals surface area contributed by atoms with Crippen LogP contribution in [-0.2, 0) is 9.16 Å². The number of hydrogen-bond acceptors (Lipinski definition) is 6. The van der Waals surface area contributed by atoms with Gasteiger partial charge in [-0.05, 0) is 87.5 Å². The molecule has 5 aromatic rings. The van der Waals surface area contributed by atoms with Crippen molar-refractivity contribution < 1.29 is 18.3 Å². The van der Waals surface area contributed by atoms with Gasteiger partial charge in [0.2, 0.25) is 0 Å². The first-order valence-corrected chi connectivity index (χ1v) is 22.3. The zero-order chi connectivity index (χ0) is 37.0. The predicted octanol–water partition coefficient (Wildman–Crippen LogP) is 11.9. The lowest BCUT2D eigenvalue weighted by atomic mass is 9.94. The maximum absolute atomic E-state index is 17.0.